The SMILES string of the molecule is CCc1c(F)cc(F)cc1C=O. The van der Waals surface area contributed by atoms with Crippen molar-refractivity contribution in [2.75, 3.05) is 0 Å². The van der Waals surface area contributed by atoms with Crippen LogP contribution in [0.4, 0.5) is 8.78 Å². The summed E-state index contributed by atoms with van der Waals surface area (Å²) in [5.41, 5.74) is 0.362. The molecule has 64 valence electrons. The topological polar surface area (TPSA) is 17.1 Å². The summed E-state index contributed by atoms with van der Waals surface area (Å²) in [6.07, 6.45) is 0.852. The van der Waals surface area contributed by atoms with Gasteiger partial charge in [-0.25, -0.2) is 8.78 Å². The van der Waals surface area contributed by atoms with Gasteiger partial charge in [-0.1, -0.05) is 6.92 Å². The van der Waals surface area contributed by atoms with Gasteiger partial charge >= 0.3 is 0 Å². The van der Waals surface area contributed by atoms with Crippen molar-refractivity contribution in [3.8, 4) is 0 Å². The van der Waals surface area contributed by atoms with Crippen LogP contribution in [0.2, 0.25) is 0 Å². The highest BCUT2D eigenvalue weighted by molar-refractivity contribution is 5.77. The van der Waals surface area contributed by atoms with Gasteiger partial charge in [0.1, 0.15) is 11.6 Å². The van der Waals surface area contributed by atoms with Gasteiger partial charge in [-0.2, -0.15) is 0 Å². The molecule has 0 fully saturated rings. The molecule has 1 aromatic rings. The van der Waals surface area contributed by atoms with Crippen molar-refractivity contribution in [1.82, 2.24) is 0 Å². The first-order chi connectivity index (χ1) is 5.69. The number of carbonyl (C=O) groups is 1. The number of carbonyl (C=O) groups excluding carboxylic acids is 1. The van der Waals surface area contributed by atoms with Gasteiger partial charge in [-0.3, -0.25) is 4.79 Å². The van der Waals surface area contributed by atoms with Crippen LogP contribution in [0, 0.1) is 11.6 Å². The second kappa shape index (κ2) is 3.43. The second-order valence-corrected chi connectivity index (χ2v) is 2.43. The third-order valence-corrected chi connectivity index (χ3v) is 1.68. The Morgan fingerprint density at radius 1 is 1.42 bits per heavy atom. The molecule has 0 N–H and O–H groups in total. The van der Waals surface area contributed by atoms with E-state index in [1.165, 1.54) is 0 Å². The zero-order valence-corrected chi connectivity index (χ0v) is 6.60. The quantitative estimate of drug-likeness (QED) is 0.622. The first kappa shape index (κ1) is 8.84. The molecule has 1 nitrogen and oxygen atoms in total. The average Bonchev–Trinajstić information content (AvgIpc) is 2.03. The highest BCUT2D eigenvalue weighted by atomic mass is 19.1. The molecule has 0 spiro atoms. The van der Waals surface area contributed by atoms with Gasteiger partial charge in [0.2, 0.25) is 0 Å². The number of benzene rings is 1. The predicted octanol–water partition coefficient (Wildman–Crippen LogP) is 2.34. The van der Waals surface area contributed by atoms with Crippen LogP contribution >= 0.6 is 0 Å². The lowest BCUT2D eigenvalue weighted by atomic mass is 10.1. The standard InChI is InChI=1S/C9H8F2O/c1-2-8-6(5-12)3-7(10)4-9(8)11/h3-5H,2H2,1H3. The molecule has 1 aromatic carbocycles. The molecule has 1 rings (SSSR count). The van der Waals surface area contributed by atoms with E-state index in [-0.39, 0.29) is 11.1 Å². The molecule has 0 aliphatic carbocycles. The molecule has 12 heavy (non-hydrogen) atoms. The van der Waals surface area contributed by atoms with Crippen LogP contribution in [0.25, 0.3) is 0 Å². The van der Waals surface area contributed by atoms with Crippen molar-refractivity contribution in [2.24, 2.45) is 0 Å². The van der Waals surface area contributed by atoms with E-state index in [4.69, 9.17) is 0 Å². The van der Waals surface area contributed by atoms with Gasteiger partial charge in [0.25, 0.3) is 0 Å². The van der Waals surface area contributed by atoms with Crippen LogP contribution in [-0.4, -0.2) is 6.29 Å². The minimum atomic E-state index is -0.716. The van der Waals surface area contributed by atoms with Crippen LogP contribution in [0.15, 0.2) is 12.1 Å². The Balaban J connectivity index is 3.33. The van der Waals surface area contributed by atoms with Crippen molar-refractivity contribution in [2.45, 2.75) is 13.3 Å². The summed E-state index contributed by atoms with van der Waals surface area (Å²) in [6, 6.07) is 1.82. The Morgan fingerprint density at radius 2 is 2.08 bits per heavy atom. The fraction of sp³-hybridized carbons (Fsp3) is 0.222. The van der Waals surface area contributed by atoms with Crippen molar-refractivity contribution in [3.63, 3.8) is 0 Å². The fourth-order valence-electron chi connectivity index (χ4n) is 1.10. The largest absolute Gasteiger partial charge is 0.298 e. The van der Waals surface area contributed by atoms with E-state index in [0.717, 1.165) is 12.1 Å². The fourth-order valence-corrected chi connectivity index (χ4v) is 1.10. The zero-order valence-electron chi connectivity index (χ0n) is 6.60. The summed E-state index contributed by atoms with van der Waals surface area (Å²) in [7, 11) is 0. The summed E-state index contributed by atoms with van der Waals surface area (Å²) in [4.78, 5) is 10.4. The number of aldehydes is 1. The molecule has 0 saturated carbocycles. The highest BCUT2D eigenvalue weighted by Gasteiger charge is 2.08. The van der Waals surface area contributed by atoms with Crippen molar-refractivity contribution >= 4 is 6.29 Å². The maximum Gasteiger partial charge on any atom is 0.150 e. The average molecular weight is 170 g/mol. The van der Waals surface area contributed by atoms with E-state index in [2.05, 4.69) is 0 Å². The molecule has 0 atom stereocenters. The summed E-state index contributed by atoms with van der Waals surface area (Å²) in [5, 5.41) is 0. The molecule has 0 heterocycles. The third-order valence-electron chi connectivity index (χ3n) is 1.68. The zero-order chi connectivity index (χ0) is 9.14. The summed E-state index contributed by atoms with van der Waals surface area (Å²) < 4.78 is 25.4. The van der Waals surface area contributed by atoms with E-state index in [1.54, 1.807) is 6.92 Å². The molecule has 0 aliphatic heterocycles. The van der Waals surface area contributed by atoms with Crippen LogP contribution in [0.1, 0.15) is 22.8 Å². The number of rotatable bonds is 2. The molecule has 0 bridgehead atoms. The normalized spacial score (nSPS) is 9.92. The van der Waals surface area contributed by atoms with Crippen molar-refractivity contribution in [1.29, 1.82) is 0 Å². The maximum atomic E-state index is 12.9. The predicted molar refractivity (Wildman–Crippen MR) is 41.1 cm³/mol. The van der Waals surface area contributed by atoms with E-state index in [9.17, 15) is 13.6 Å². The minimum Gasteiger partial charge on any atom is -0.298 e. The van der Waals surface area contributed by atoms with E-state index >= 15 is 0 Å². The van der Waals surface area contributed by atoms with Crippen LogP contribution in [-0.2, 0) is 6.42 Å². The summed E-state index contributed by atoms with van der Waals surface area (Å²) in [5.74, 6) is -1.37. The second-order valence-electron chi connectivity index (χ2n) is 2.43. The molecule has 0 amide bonds. The lowest BCUT2D eigenvalue weighted by Crippen LogP contribution is -1.96. The lowest BCUT2D eigenvalue weighted by Gasteiger charge is -2.02. The van der Waals surface area contributed by atoms with Gasteiger partial charge in [0.15, 0.2) is 6.29 Å². The number of halogens is 2. The number of hydrogen-bond acceptors (Lipinski definition) is 1. The Morgan fingerprint density at radius 3 is 2.58 bits per heavy atom. The molecule has 0 radical (unpaired) electrons. The molecular formula is C9H8F2O. The highest BCUT2D eigenvalue weighted by Crippen LogP contribution is 2.14. The summed E-state index contributed by atoms with van der Waals surface area (Å²) in [6.45, 7) is 1.71. The van der Waals surface area contributed by atoms with E-state index in [0.29, 0.717) is 12.7 Å². The third kappa shape index (κ3) is 1.49. The first-order valence-corrected chi connectivity index (χ1v) is 3.62. The first-order valence-electron chi connectivity index (χ1n) is 3.62. The van der Waals surface area contributed by atoms with Crippen molar-refractivity contribution in [3.05, 3.63) is 34.9 Å². The lowest BCUT2D eigenvalue weighted by molar-refractivity contribution is 0.112. The Kier molecular flexibility index (Phi) is 2.53. The van der Waals surface area contributed by atoms with E-state index < -0.39 is 11.6 Å². The van der Waals surface area contributed by atoms with Gasteiger partial charge in [0.05, 0.1) is 0 Å². The van der Waals surface area contributed by atoms with Crippen molar-refractivity contribution < 1.29 is 13.6 Å². The molecule has 3 heteroatoms. The van der Waals surface area contributed by atoms with Gasteiger partial charge in [-0.15, -0.1) is 0 Å². The molecule has 0 aromatic heterocycles. The molecular weight excluding hydrogens is 162 g/mol. The Labute approximate surface area is 69.0 Å². The van der Waals surface area contributed by atoms with Gasteiger partial charge in [-0.05, 0) is 18.1 Å². The van der Waals surface area contributed by atoms with Gasteiger partial charge in [0, 0.05) is 11.6 Å². The van der Waals surface area contributed by atoms with Crippen LogP contribution in [0.5, 0.6) is 0 Å². The van der Waals surface area contributed by atoms with E-state index in [1.807, 2.05) is 0 Å². The smallest absolute Gasteiger partial charge is 0.150 e. The molecule has 0 aliphatic rings. The maximum absolute atomic E-state index is 12.9. The van der Waals surface area contributed by atoms with Crippen LogP contribution < -0.4 is 0 Å². The van der Waals surface area contributed by atoms with Gasteiger partial charge < -0.3 is 0 Å². The Hall–Kier alpha value is -1.25. The van der Waals surface area contributed by atoms with Crippen LogP contribution in [0.3, 0.4) is 0 Å². The molecule has 0 saturated heterocycles. The number of hydrogen-bond donors (Lipinski definition) is 0. The minimum absolute atomic E-state index is 0.0926. The molecule has 0 unspecified atom stereocenters. The monoisotopic (exact) mass is 170 g/mol. The summed E-state index contributed by atoms with van der Waals surface area (Å²) >= 11 is 0. The Bertz CT molecular complexity index is 308.